The average molecular weight is 741 g/mol. The molecule has 3 aliphatic heterocycles. The maximum absolute atomic E-state index is 15.5. The fraction of sp³-hybridized carbons (Fsp3) is 0.243. The number of piperidine rings is 1. The van der Waals surface area contributed by atoms with Gasteiger partial charge in [0, 0.05) is 42.5 Å². The Morgan fingerprint density at radius 2 is 1.68 bits per heavy atom. The predicted molar refractivity (Wildman–Crippen MR) is 187 cm³/mol. The zero-order chi connectivity index (χ0) is 35.1. The Balaban J connectivity index is 1.09. The summed E-state index contributed by atoms with van der Waals surface area (Å²) >= 11 is 3.51. The van der Waals surface area contributed by atoms with Crippen molar-refractivity contribution in [1.82, 2.24) is 20.1 Å². The molecule has 1 atom stereocenters. The van der Waals surface area contributed by atoms with E-state index >= 15 is 4.39 Å². The van der Waals surface area contributed by atoms with Gasteiger partial charge in [0.05, 0.1) is 40.2 Å². The smallest absolute Gasteiger partial charge is 0.262 e. The maximum Gasteiger partial charge on any atom is 0.262 e. The molecule has 4 heterocycles. The highest BCUT2D eigenvalue weighted by Crippen LogP contribution is 2.33. The number of ether oxygens (including phenoxy) is 1. The van der Waals surface area contributed by atoms with E-state index in [1.165, 1.54) is 6.07 Å². The van der Waals surface area contributed by atoms with Gasteiger partial charge < -0.3 is 14.5 Å². The van der Waals surface area contributed by atoms with Gasteiger partial charge in [-0.2, -0.15) is 0 Å². The first-order valence-electron chi connectivity index (χ1n) is 16.2. The van der Waals surface area contributed by atoms with E-state index in [2.05, 4.69) is 21.2 Å². The number of pyridine rings is 1. The van der Waals surface area contributed by atoms with Crippen molar-refractivity contribution >= 4 is 74.2 Å². The third-order valence-corrected chi connectivity index (χ3v) is 9.57. The molecule has 3 aliphatic rings. The Kier molecular flexibility index (Phi) is 8.91. The lowest BCUT2D eigenvalue weighted by atomic mass is 10.0. The van der Waals surface area contributed by atoms with E-state index in [4.69, 9.17) is 9.72 Å². The number of piperazine rings is 1. The van der Waals surface area contributed by atoms with Crippen molar-refractivity contribution in [3.63, 3.8) is 0 Å². The maximum atomic E-state index is 15.5. The van der Waals surface area contributed by atoms with Crippen LogP contribution >= 0.6 is 15.9 Å². The van der Waals surface area contributed by atoms with Crippen molar-refractivity contribution in [2.75, 3.05) is 37.7 Å². The van der Waals surface area contributed by atoms with Crippen LogP contribution < -0.4 is 15.0 Å². The highest BCUT2D eigenvalue weighted by atomic mass is 79.9. The first kappa shape index (κ1) is 33.1. The van der Waals surface area contributed by atoms with Gasteiger partial charge in [-0.1, -0.05) is 34.1 Å². The van der Waals surface area contributed by atoms with Crippen LogP contribution in [0.5, 0.6) is 5.75 Å². The summed E-state index contributed by atoms with van der Waals surface area (Å²) in [7, 11) is 0. The highest BCUT2D eigenvalue weighted by Gasteiger charge is 2.45. The molecule has 3 aromatic carbocycles. The number of imide groups is 2. The first-order valence-corrected chi connectivity index (χ1v) is 17.0. The molecule has 0 aliphatic carbocycles. The minimum Gasteiger partial charge on any atom is -0.494 e. The number of fused-ring (bicyclic) bond motifs is 2. The molecular weight excluding hydrogens is 709 g/mol. The molecule has 0 bridgehead atoms. The van der Waals surface area contributed by atoms with Gasteiger partial charge in [-0.05, 0) is 73.5 Å². The Hall–Kier alpha value is -5.43. The molecule has 1 N–H and O–H groups in total. The number of hydrogen-bond acceptors (Lipinski definition) is 8. The van der Waals surface area contributed by atoms with Gasteiger partial charge >= 0.3 is 0 Å². The van der Waals surface area contributed by atoms with Gasteiger partial charge in [0.25, 0.3) is 17.7 Å². The van der Waals surface area contributed by atoms with E-state index in [9.17, 15) is 24.0 Å². The van der Waals surface area contributed by atoms with Crippen molar-refractivity contribution in [1.29, 1.82) is 0 Å². The number of amides is 5. The largest absolute Gasteiger partial charge is 0.494 e. The van der Waals surface area contributed by atoms with E-state index in [-0.39, 0.29) is 61.7 Å². The van der Waals surface area contributed by atoms with Crippen LogP contribution in [0.1, 0.15) is 62.1 Å². The number of nitrogens with zero attached hydrogens (tertiary/aromatic N) is 4. The molecule has 1 unspecified atom stereocenters. The molecule has 254 valence electrons. The van der Waals surface area contributed by atoms with E-state index < -0.39 is 35.5 Å². The number of anilines is 1. The summed E-state index contributed by atoms with van der Waals surface area (Å²) < 4.78 is 21.8. The van der Waals surface area contributed by atoms with Gasteiger partial charge in [0.1, 0.15) is 17.6 Å². The lowest BCUT2D eigenvalue weighted by Gasteiger charge is -2.36. The van der Waals surface area contributed by atoms with Crippen LogP contribution in [0.3, 0.4) is 0 Å². The Bertz CT molecular complexity index is 2110. The number of halogens is 2. The van der Waals surface area contributed by atoms with Crippen molar-refractivity contribution in [2.24, 2.45) is 0 Å². The second kappa shape index (κ2) is 13.5. The third-order valence-electron chi connectivity index (χ3n) is 9.07. The zero-order valence-electron chi connectivity index (χ0n) is 26.9. The fourth-order valence-corrected chi connectivity index (χ4v) is 6.91. The average Bonchev–Trinajstić information content (AvgIpc) is 3.35. The van der Waals surface area contributed by atoms with Gasteiger partial charge in [0.2, 0.25) is 11.8 Å². The van der Waals surface area contributed by atoms with Crippen molar-refractivity contribution in [2.45, 2.75) is 25.8 Å². The summed E-state index contributed by atoms with van der Waals surface area (Å²) in [6, 6.07) is 16.2. The summed E-state index contributed by atoms with van der Waals surface area (Å²) in [5, 5.41) is 2.85. The topological polar surface area (TPSA) is 129 Å². The van der Waals surface area contributed by atoms with Crippen LogP contribution in [0.25, 0.3) is 23.1 Å². The normalized spacial score (nSPS) is 17.9. The molecule has 0 saturated carbocycles. The second-order valence-electron chi connectivity index (χ2n) is 12.2. The summed E-state index contributed by atoms with van der Waals surface area (Å²) in [5.41, 5.74) is 2.70. The van der Waals surface area contributed by atoms with Crippen LogP contribution in [-0.4, -0.2) is 83.1 Å². The molecule has 4 aromatic rings. The molecule has 11 nitrogen and oxygen atoms in total. The molecule has 2 fully saturated rings. The van der Waals surface area contributed by atoms with E-state index in [1.54, 1.807) is 15.9 Å². The van der Waals surface area contributed by atoms with E-state index in [0.29, 0.717) is 28.8 Å². The van der Waals surface area contributed by atoms with E-state index in [0.717, 1.165) is 26.8 Å². The molecule has 1 aromatic heterocycles. The Labute approximate surface area is 294 Å². The standard InChI is InChI=1S/C37H31BrFN5O6/c1-2-50-24-8-4-21(5-9-24)3-7-23-18-26(25-17-22(38)6-10-30(25)40-23)35(47)43-15-13-42(14-16-43)32-20-28-27(19-29(32)39)36(48)44(37(28)49)31-11-12-33(45)41-34(31)46/h3-10,17-20,31H,2,11-16H2,1H3,(H,41,45,46). The van der Waals surface area contributed by atoms with Crippen LogP contribution in [-0.2, 0) is 9.59 Å². The van der Waals surface area contributed by atoms with Crippen LogP contribution in [0.15, 0.2) is 65.1 Å². The number of aromatic nitrogens is 1. The number of benzene rings is 3. The number of hydrogen-bond donors (Lipinski definition) is 1. The van der Waals surface area contributed by atoms with E-state index in [1.807, 2.05) is 61.5 Å². The van der Waals surface area contributed by atoms with Crippen molar-refractivity contribution < 1.29 is 33.1 Å². The van der Waals surface area contributed by atoms with Crippen molar-refractivity contribution in [3.05, 3.63) is 98.9 Å². The minimum absolute atomic E-state index is 0.00532. The highest BCUT2D eigenvalue weighted by molar-refractivity contribution is 9.10. The van der Waals surface area contributed by atoms with Crippen LogP contribution in [0, 0.1) is 5.82 Å². The molecule has 7 rings (SSSR count). The fourth-order valence-electron chi connectivity index (χ4n) is 6.55. The molecule has 13 heteroatoms. The monoisotopic (exact) mass is 739 g/mol. The second-order valence-corrected chi connectivity index (χ2v) is 13.1. The molecule has 5 amide bonds. The Morgan fingerprint density at radius 1 is 0.960 bits per heavy atom. The third kappa shape index (κ3) is 6.24. The molecule has 0 radical (unpaired) electrons. The number of carbonyl (C=O) groups excluding carboxylic acids is 5. The first-order chi connectivity index (χ1) is 24.1. The van der Waals surface area contributed by atoms with Crippen LogP contribution in [0.2, 0.25) is 0 Å². The number of nitrogens with one attached hydrogen (secondary N) is 1. The lowest BCUT2D eigenvalue weighted by Crippen LogP contribution is -2.54. The van der Waals surface area contributed by atoms with Crippen LogP contribution in [0.4, 0.5) is 10.1 Å². The quantitative estimate of drug-likeness (QED) is 0.260. The lowest BCUT2D eigenvalue weighted by molar-refractivity contribution is -0.136. The molecule has 2 saturated heterocycles. The zero-order valence-corrected chi connectivity index (χ0v) is 28.5. The Morgan fingerprint density at radius 3 is 2.38 bits per heavy atom. The predicted octanol–water partition coefficient (Wildman–Crippen LogP) is 5.07. The summed E-state index contributed by atoms with van der Waals surface area (Å²) in [4.78, 5) is 73.5. The summed E-state index contributed by atoms with van der Waals surface area (Å²) in [6.07, 6.45) is 3.77. The number of carbonyl (C=O) groups is 5. The SMILES string of the molecule is CCOc1ccc(C=Cc2cc(C(=O)N3CCN(c4cc5c(cc4F)C(=O)N(C4CCC(=O)NC4=O)C5=O)CC3)c3cc(Br)ccc3n2)cc1. The summed E-state index contributed by atoms with van der Waals surface area (Å²) in [5.74, 6) is -2.79. The number of rotatable bonds is 7. The summed E-state index contributed by atoms with van der Waals surface area (Å²) in [6.45, 7) is 3.62. The molecule has 50 heavy (non-hydrogen) atoms. The minimum atomic E-state index is -1.14. The van der Waals surface area contributed by atoms with Gasteiger partial charge in [-0.3, -0.25) is 34.2 Å². The van der Waals surface area contributed by atoms with Gasteiger partial charge in [-0.25, -0.2) is 9.37 Å². The molecular formula is C37H31BrFN5O6. The van der Waals surface area contributed by atoms with Gasteiger partial charge in [0.15, 0.2) is 0 Å². The van der Waals surface area contributed by atoms with Gasteiger partial charge in [-0.15, -0.1) is 0 Å². The van der Waals surface area contributed by atoms with Crippen molar-refractivity contribution in [3.8, 4) is 5.75 Å². The molecule has 0 spiro atoms.